The van der Waals surface area contributed by atoms with Gasteiger partial charge < -0.3 is 34.2 Å². The van der Waals surface area contributed by atoms with Gasteiger partial charge in [0, 0.05) is 19.3 Å². The van der Waals surface area contributed by atoms with E-state index in [-0.39, 0.29) is 19.3 Å². The molecular weight excluding hydrogens is 1410 g/mol. The van der Waals surface area contributed by atoms with Crippen LogP contribution in [0.4, 0.5) is 0 Å². The van der Waals surface area contributed by atoms with E-state index in [0.29, 0.717) is 19.3 Å². The minimum absolute atomic E-state index is 0.105. The summed E-state index contributed by atoms with van der Waals surface area (Å²) in [5.74, 6) is -1.57. The van der Waals surface area contributed by atoms with Gasteiger partial charge in [-0.2, -0.15) is 0 Å². The molecule has 0 saturated heterocycles. The third-order valence-electron chi connectivity index (χ3n) is 18.4. The molecule has 0 spiro atoms. The summed E-state index contributed by atoms with van der Waals surface area (Å²) in [7, 11) is -9.79. The molecule has 0 amide bonds. The van der Waals surface area contributed by atoms with E-state index in [1.165, 1.54) is 161 Å². The molecule has 0 aromatic rings. The lowest BCUT2D eigenvalue weighted by Crippen LogP contribution is -2.30. The zero-order valence-corrected chi connectivity index (χ0v) is 70.7. The number of phosphoric ester groups is 2. The van der Waals surface area contributed by atoms with Crippen LogP contribution in [-0.4, -0.2) is 95.9 Å². The van der Waals surface area contributed by atoms with Crippen LogP contribution in [0, 0.1) is 0 Å². The highest BCUT2D eigenvalue weighted by Crippen LogP contribution is 2.45. The number of hydrogen-bond donors (Lipinski definition) is 4. The first kappa shape index (κ1) is 105. The number of esters is 3. The Hall–Kier alpha value is -4.31. The van der Waals surface area contributed by atoms with Crippen molar-refractivity contribution in [3.8, 4) is 0 Å². The molecule has 0 aliphatic carbocycles. The smallest absolute Gasteiger partial charge is 0.463 e. The maximum absolute atomic E-state index is 13.0. The number of carbonyl (C=O) groups is 3. The predicted molar refractivity (Wildman–Crippen MR) is 454 cm³/mol. The van der Waals surface area contributed by atoms with E-state index in [1.807, 2.05) is 0 Å². The minimum atomic E-state index is -4.93. The van der Waals surface area contributed by atoms with Crippen molar-refractivity contribution in [2.75, 3.05) is 39.6 Å². The molecule has 4 N–H and O–H groups in total. The number of unbranched alkanes of at least 4 members (excludes halogenated alkanes) is 37. The van der Waals surface area contributed by atoms with Crippen molar-refractivity contribution in [2.45, 2.75) is 386 Å². The molecule has 0 saturated carbocycles. The summed E-state index contributed by atoms with van der Waals surface area (Å²) in [5, 5.41) is 20.7. The molecule has 0 heterocycles. The van der Waals surface area contributed by atoms with E-state index in [2.05, 4.69) is 154 Å². The first-order valence-corrected chi connectivity index (χ1v) is 46.5. The third kappa shape index (κ3) is 84.4. The van der Waals surface area contributed by atoms with Gasteiger partial charge in [0.25, 0.3) is 0 Å². The van der Waals surface area contributed by atoms with Crippen LogP contribution in [0.2, 0.25) is 0 Å². The zero-order chi connectivity index (χ0) is 79.4. The van der Waals surface area contributed by atoms with Gasteiger partial charge in [-0.1, -0.05) is 366 Å². The summed E-state index contributed by atoms with van der Waals surface area (Å²) in [6.45, 7) is 2.50. The van der Waals surface area contributed by atoms with Crippen molar-refractivity contribution < 1.29 is 75.8 Å². The van der Waals surface area contributed by atoms with Gasteiger partial charge in [0.2, 0.25) is 0 Å². The lowest BCUT2D eigenvalue weighted by atomic mass is 10.0. The van der Waals surface area contributed by atoms with E-state index in [1.54, 1.807) is 0 Å². The number of rotatable bonds is 82. The van der Waals surface area contributed by atoms with Gasteiger partial charge >= 0.3 is 33.6 Å². The summed E-state index contributed by atoms with van der Waals surface area (Å²) < 4.78 is 61.3. The van der Waals surface area contributed by atoms with Crippen molar-refractivity contribution in [3.63, 3.8) is 0 Å². The molecule has 16 nitrogen and oxygen atoms in total. The molecule has 0 aliphatic heterocycles. The molecule has 0 bridgehead atoms. The molecule has 0 fully saturated rings. The number of allylic oxidation sites excluding steroid dienone is 22. The van der Waals surface area contributed by atoms with Gasteiger partial charge in [0.15, 0.2) is 6.10 Å². The Balaban J connectivity index is 4.50. The molecule has 109 heavy (non-hydrogen) atoms. The summed E-state index contributed by atoms with van der Waals surface area (Å²) in [6, 6.07) is 0. The topological polar surface area (TPSA) is 231 Å². The second-order valence-corrected chi connectivity index (χ2v) is 31.8. The van der Waals surface area contributed by atoms with Crippen LogP contribution in [0.3, 0.4) is 0 Å². The number of phosphoric acid groups is 2. The van der Waals surface area contributed by atoms with Crippen molar-refractivity contribution in [1.29, 1.82) is 0 Å². The zero-order valence-electron chi connectivity index (χ0n) is 68.9. The van der Waals surface area contributed by atoms with Gasteiger partial charge in [-0.25, -0.2) is 9.13 Å². The Labute approximate surface area is 665 Å². The molecule has 5 unspecified atom stereocenters. The highest BCUT2D eigenvalue weighted by Gasteiger charge is 2.29. The maximum Gasteiger partial charge on any atom is 0.472 e. The monoisotopic (exact) mass is 1570 g/mol. The minimum Gasteiger partial charge on any atom is -0.463 e. The van der Waals surface area contributed by atoms with Gasteiger partial charge in [-0.15, -0.1) is 0 Å². The quantitative estimate of drug-likeness (QED) is 0.0146. The average Bonchev–Trinajstić information content (AvgIpc) is 0.904. The number of ether oxygens (including phenoxy) is 3. The Morgan fingerprint density at radius 1 is 0.266 bits per heavy atom. The highest BCUT2D eigenvalue weighted by molar-refractivity contribution is 7.47. The summed E-state index contributed by atoms with van der Waals surface area (Å²) in [4.78, 5) is 58.8. The summed E-state index contributed by atoms with van der Waals surface area (Å²) >= 11 is 0. The van der Waals surface area contributed by atoms with Crippen LogP contribution in [-0.2, 0) is 55.8 Å². The number of aliphatic hydroxyl groups is 2. The number of carbonyl (C=O) groups excluding carboxylic acids is 3. The van der Waals surface area contributed by atoms with Gasteiger partial charge in [0.05, 0.1) is 26.4 Å². The lowest BCUT2D eigenvalue weighted by Gasteiger charge is -2.21. The van der Waals surface area contributed by atoms with Crippen molar-refractivity contribution in [1.82, 2.24) is 0 Å². The third-order valence-corrected chi connectivity index (χ3v) is 20.3. The van der Waals surface area contributed by atoms with E-state index in [9.17, 15) is 43.5 Å². The second kappa shape index (κ2) is 83.1. The molecule has 0 radical (unpaired) electrons. The van der Waals surface area contributed by atoms with Gasteiger partial charge in [0.1, 0.15) is 25.4 Å². The highest BCUT2D eigenvalue weighted by atomic mass is 31.2. The molecule has 0 aliphatic rings. The number of aliphatic hydroxyl groups excluding tert-OH is 2. The molecule has 0 aromatic carbocycles. The molecule has 628 valence electrons. The molecule has 0 rings (SSSR count). The van der Waals surface area contributed by atoms with Crippen LogP contribution < -0.4 is 0 Å². The fourth-order valence-corrected chi connectivity index (χ4v) is 13.4. The largest absolute Gasteiger partial charge is 0.472 e. The van der Waals surface area contributed by atoms with E-state index in [4.69, 9.17) is 32.3 Å². The summed E-state index contributed by atoms with van der Waals surface area (Å²) in [5.41, 5.74) is 0. The SMILES string of the molecule is CC/C=C\C/C=C\C/C=C\C/C=C\C/C=C\C/C=C\CCCCCCCCCCC(=O)OCC(COP(=O)(O)OCC(O)COP(=O)(O)OCC(O)COC(=O)CCCCCCCCCCCCCCCCC/C=C\C/C=C\C/C=C\C/C=C\C/C=C\CC)OC(=O)CCCCCCCCCCCCCCCCC. The Morgan fingerprint density at radius 2 is 0.486 bits per heavy atom. The fraction of sp³-hybridized carbons (Fsp3) is 0.725. The second-order valence-electron chi connectivity index (χ2n) is 28.9. The lowest BCUT2D eigenvalue weighted by molar-refractivity contribution is -0.161. The number of hydrogen-bond acceptors (Lipinski definition) is 14. The predicted octanol–water partition coefficient (Wildman–Crippen LogP) is 26.2. The molecule has 5 atom stereocenters. The first-order chi connectivity index (χ1) is 53.2. The van der Waals surface area contributed by atoms with Crippen LogP contribution >= 0.6 is 15.6 Å². The van der Waals surface area contributed by atoms with Crippen LogP contribution in [0.5, 0.6) is 0 Å². The van der Waals surface area contributed by atoms with Crippen LogP contribution in [0.1, 0.15) is 367 Å². The van der Waals surface area contributed by atoms with Crippen molar-refractivity contribution >= 4 is 33.6 Å². The Morgan fingerprint density at radius 3 is 0.771 bits per heavy atom. The van der Waals surface area contributed by atoms with E-state index in [0.717, 1.165) is 148 Å². The van der Waals surface area contributed by atoms with E-state index >= 15 is 0 Å². The molecule has 18 heteroatoms. The maximum atomic E-state index is 13.0. The summed E-state index contributed by atoms with van der Waals surface area (Å²) in [6.07, 6.45) is 102. The van der Waals surface area contributed by atoms with Gasteiger partial charge in [-0.3, -0.25) is 32.5 Å². The average molecular weight is 1570 g/mol. The molecular formula is C91H158O16P2. The standard InChI is InChI=1S/C91H158O16P2/c1-4-7-10-13-16-19-22-25-28-30-32-34-36-38-40-41-42-43-45-47-48-50-52-54-57-59-62-65-68-71-74-77-89(94)101-80-86(92)81-103-108(97,98)104-82-87(93)83-105-109(99,100)106-85-88(107-91(96)79-76-73-70-67-64-61-56-27-24-21-18-15-12-9-6-3)84-102-90(95)78-75-72-69-66-63-60-58-55-53-51-49-46-44-39-37-35-33-31-29-26-23-20-17-14-11-8-5-2/h7-8,10-11,16-17,19-20,25-26,28-29,32-35,38-40,44,49,51,86-88,92-93H,4-6,9,12-15,18,21-24,27,30-31,36-37,41-43,45-48,50,52-85H2,1-3H3,(H,97,98)(H,99,100)/b10-7-,11-8-,19-16-,20-17-,28-25-,29-26-,34-32-,35-33-,40-38-,44-39-,51-49-. The van der Waals surface area contributed by atoms with Crippen LogP contribution in [0.15, 0.2) is 134 Å². The normalized spacial score (nSPS) is 14.5. The molecule has 0 aromatic heterocycles. The van der Waals surface area contributed by atoms with Gasteiger partial charge in [-0.05, 0) is 116 Å². The Bertz CT molecular complexity index is 2510. The van der Waals surface area contributed by atoms with E-state index < -0.39 is 91.5 Å². The Kier molecular flexibility index (Phi) is 79.8. The van der Waals surface area contributed by atoms with Crippen molar-refractivity contribution in [3.05, 3.63) is 134 Å². The fourth-order valence-electron chi connectivity index (χ4n) is 11.8. The first-order valence-electron chi connectivity index (χ1n) is 43.5. The van der Waals surface area contributed by atoms with Crippen molar-refractivity contribution in [2.24, 2.45) is 0 Å². The van der Waals surface area contributed by atoms with Crippen LogP contribution in [0.25, 0.3) is 0 Å².